The first-order valence-corrected chi connectivity index (χ1v) is 23.7. The molecule has 9 nitrogen and oxygen atoms in total. The molecule has 9 heteroatoms. The highest BCUT2D eigenvalue weighted by molar-refractivity contribution is 5.69. The molecule has 0 saturated carbocycles. The highest BCUT2D eigenvalue weighted by Gasteiger charge is 2.44. The van der Waals surface area contributed by atoms with Crippen molar-refractivity contribution in [2.45, 2.75) is 205 Å². The van der Waals surface area contributed by atoms with Crippen LogP contribution in [0.5, 0.6) is 0 Å². The molecule has 0 radical (unpaired) electrons. The molecular formula is C51H86O9. The Morgan fingerprint density at radius 3 is 1.45 bits per heavy atom. The van der Waals surface area contributed by atoms with Gasteiger partial charge in [-0.05, 0) is 83.5 Å². The van der Waals surface area contributed by atoms with Gasteiger partial charge >= 0.3 is 5.97 Å². The van der Waals surface area contributed by atoms with Gasteiger partial charge in [0.1, 0.15) is 30.5 Å². The molecule has 0 aromatic heterocycles. The van der Waals surface area contributed by atoms with Crippen LogP contribution < -0.4 is 0 Å². The molecule has 1 fully saturated rings. The van der Waals surface area contributed by atoms with Crippen molar-refractivity contribution in [1.29, 1.82) is 0 Å². The summed E-state index contributed by atoms with van der Waals surface area (Å²) in [6.07, 6.45) is 48.9. The molecule has 1 aliphatic heterocycles. The normalized spacial score (nSPS) is 20.8. The molecule has 4 N–H and O–H groups in total. The Balaban J connectivity index is 2.26. The quantitative estimate of drug-likeness (QED) is 0.0271. The maximum Gasteiger partial charge on any atom is 0.306 e. The summed E-state index contributed by atoms with van der Waals surface area (Å²) in [5.41, 5.74) is 0. The summed E-state index contributed by atoms with van der Waals surface area (Å²) in [5, 5.41) is 40.2. The average molecular weight is 843 g/mol. The zero-order valence-corrected chi connectivity index (χ0v) is 37.7. The molecule has 0 bridgehead atoms. The fourth-order valence-corrected chi connectivity index (χ4v) is 6.67. The van der Waals surface area contributed by atoms with Crippen LogP contribution in [0.2, 0.25) is 0 Å². The van der Waals surface area contributed by atoms with Gasteiger partial charge in [0, 0.05) is 13.0 Å². The summed E-state index contributed by atoms with van der Waals surface area (Å²) >= 11 is 0. The monoisotopic (exact) mass is 843 g/mol. The SMILES string of the molecule is CC/C=C\C/C=C\C/C=C\C/C=C\CCCCCCCCCOCC(COC1OC(CO)C(O)C(O)C1O)OC(=O)CCCCCCCCC/C=C\C/C=C\C/C=C\CC. The number of carbonyl (C=O) groups excluding carboxylic acids is 1. The van der Waals surface area contributed by atoms with Gasteiger partial charge in [-0.3, -0.25) is 4.79 Å². The Morgan fingerprint density at radius 1 is 0.533 bits per heavy atom. The first-order valence-electron chi connectivity index (χ1n) is 23.7. The lowest BCUT2D eigenvalue weighted by molar-refractivity contribution is -0.305. The number of carbonyl (C=O) groups is 1. The molecule has 0 spiro atoms. The first-order chi connectivity index (χ1) is 29.4. The lowest BCUT2D eigenvalue weighted by Gasteiger charge is -2.39. The Bertz CT molecular complexity index is 1190. The van der Waals surface area contributed by atoms with Crippen LogP contribution >= 0.6 is 0 Å². The Kier molecular flexibility index (Phi) is 38.5. The van der Waals surface area contributed by atoms with Crippen molar-refractivity contribution in [2.75, 3.05) is 26.4 Å². The molecule has 0 aromatic rings. The molecule has 1 heterocycles. The molecule has 60 heavy (non-hydrogen) atoms. The van der Waals surface area contributed by atoms with Crippen molar-refractivity contribution in [3.63, 3.8) is 0 Å². The van der Waals surface area contributed by atoms with E-state index in [1.54, 1.807) is 0 Å². The van der Waals surface area contributed by atoms with Gasteiger partial charge in [-0.15, -0.1) is 0 Å². The lowest BCUT2D eigenvalue weighted by atomic mass is 9.99. The second kappa shape index (κ2) is 41.7. The van der Waals surface area contributed by atoms with Gasteiger partial charge in [0.05, 0.1) is 19.8 Å². The number of esters is 1. The number of aliphatic hydroxyl groups is 4. The summed E-state index contributed by atoms with van der Waals surface area (Å²) in [7, 11) is 0. The number of hydrogen-bond donors (Lipinski definition) is 4. The maximum absolute atomic E-state index is 12.8. The third-order valence-corrected chi connectivity index (χ3v) is 10.3. The van der Waals surface area contributed by atoms with Crippen LogP contribution in [-0.2, 0) is 23.7 Å². The smallest absolute Gasteiger partial charge is 0.306 e. The number of allylic oxidation sites excluding steroid dienone is 14. The van der Waals surface area contributed by atoms with Crippen LogP contribution in [0.15, 0.2) is 85.1 Å². The highest BCUT2D eigenvalue weighted by Crippen LogP contribution is 2.22. The van der Waals surface area contributed by atoms with Crippen molar-refractivity contribution >= 4 is 5.97 Å². The van der Waals surface area contributed by atoms with E-state index in [1.807, 2.05) is 0 Å². The maximum atomic E-state index is 12.8. The molecular weight excluding hydrogens is 757 g/mol. The molecule has 6 atom stereocenters. The Hall–Kier alpha value is -2.63. The molecule has 1 rings (SSSR count). The van der Waals surface area contributed by atoms with Gasteiger partial charge in [0.25, 0.3) is 0 Å². The third kappa shape index (κ3) is 32.1. The van der Waals surface area contributed by atoms with Gasteiger partial charge in [0.2, 0.25) is 0 Å². The van der Waals surface area contributed by atoms with Crippen LogP contribution in [0.4, 0.5) is 0 Å². The van der Waals surface area contributed by atoms with Crippen LogP contribution in [0, 0.1) is 0 Å². The topological polar surface area (TPSA) is 135 Å². The molecule has 1 aliphatic rings. The third-order valence-electron chi connectivity index (χ3n) is 10.3. The summed E-state index contributed by atoms with van der Waals surface area (Å²) < 4.78 is 22.8. The summed E-state index contributed by atoms with van der Waals surface area (Å²) in [5.74, 6) is -0.331. The number of rotatable bonds is 39. The van der Waals surface area contributed by atoms with E-state index in [0.29, 0.717) is 13.0 Å². The largest absolute Gasteiger partial charge is 0.457 e. The highest BCUT2D eigenvalue weighted by atomic mass is 16.7. The van der Waals surface area contributed by atoms with Crippen LogP contribution in [-0.4, -0.2) is 89.6 Å². The second-order valence-electron chi connectivity index (χ2n) is 15.8. The second-order valence-corrected chi connectivity index (χ2v) is 15.8. The zero-order chi connectivity index (χ0) is 43.6. The zero-order valence-electron chi connectivity index (χ0n) is 37.7. The number of unbranched alkanes of at least 4 members (excludes halogenated alkanes) is 14. The minimum absolute atomic E-state index is 0.127. The van der Waals surface area contributed by atoms with E-state index in [1.165, 1.54) is 44.9 Å². The van der Waals surface area contributed by atoms with Gasteiger partial charge < -0.3 is 39.4 Å². The fourth-order valence-electron chi connectivity index (χ4n) is 6.67. The van der Waals surface area contributed by atoms with E-state index < -0.39 is 43.4 Å². The summed E-state index contributed by atoms with van der Waals surface area (Å²) in [6, 6.07) is 0. The van der Waals surface area contributed by atoms with Crippen LogP contribution in [0.25, 0.3) is 0 Å². The van der Waals surface area contributed by atoms with E-state index in [4.69, 9.17) is 18.9 Å². The van der Waals surface area contributed by atoms with Crippen molar-refractivity contribution in [2.24, 2.45) is 0 Å². The molecule has 0 aromatic carbocycles. The van der Waals surface area contributed by atoms with Gasteiger partial charge in [-0.25, -0.2) is 0 Å². The lowest BCUT2D eigenvalue weighted by Crippen LogP contribution is -2.59. The average Bonchev–Trinajstić information content (AvgIpc) is 3.25. The Morgan fingerprint density at radius 2 is 0.967 bits per heavy atom. The molecule has 1 saturated heterocycles. The van der Waals surface area contributed by atoms with Gasteiger partial charge in [0.15, 0.2) is 6.29 Å². The van der Waals surface area contributed by atoms with E-state index in [9.17, 15) is 25.2 Å². The molecule has 0 amide bonds. The van der Waals surface area contributed by atoms with Crippen molar-refractivity contribution < 1.29 is 44.2 Å². The van der Waals surface area contributed by atoms with Crippen molar-refractivity contribution in [3.05, 3.63) is 85.1 Å². The minimum atomic E-state index is -1.55. The minimum Gasteiger partial charge on any atom is -0.457 e. The van der Waals surface area contributed by atoms with Crippen molar-refractivity contribution in [1.82, 2.24) is 0 Å². The van der Waals surface area contributed by atoms with E-state index in [2.05, 4.69) is 98.9 Å². The molecule has 0 aliphatic carbocycles. The first kappa shape index (κ1) is 55.4. The number of ether oxygens (including phenoxy) is 4. The Labute approximate surface area is 365 Å². The van der Waals surface area contributed by atoms with Gasteiger partial charge in [-0.2, -0.15) is 0 Å². The van der Waals surface area contributed by atoms with Crippen LogP contribution in [0.3, 0.4) is 0 Å². The summed E-state index contributed by atoms with van der Waals surface area (Å²) in [4.78, 5) is 12.8. The number of aliphatic hydroxyl groups excluding tert-OH is 4. The summed E-state index contributed by atoms with van der Waals surface area (Å²) in [6.45, 7) is 4.28. The van der Waals surface area contributed by atoms with Crippen LogP contribution in [0.1, 0.15) is 168 Å². The van der Waals surface area contributed by atoms with E-state index >= 15 is 0 Å². The van der Waals surface area contributed by atoms with Crippen molar-refractivity contribution in [3.8, 4) is 0 Å². The standard InChI is InChI=1S/C51H86O9/c1-3-5-7-9-11-13-15-17-19-21-22-23-25-27-29-31-33-35-37-39-41-57-43-45(44-58-51-50(56)49(55)48(54)46(42-52)60-51)59-47(53)40-38-36-34-32-30-28-26-24-20-18-16-14-12-10-8-6-4-2/h5-8,11-14,17-20,22-23,45-46,48-52,54-56H,3-4,9-10,15-16,21,24-44H2,1-2H3/b7-5-,8-6-,13-11-,14-12-,19-17-,20-18-,23-22-. The van der Waals surface area contributed by atoms with Gasteiger partial charge in [-0.1, -0.05) is 163 Å². The molecule has 344 valence electrons. The fraction of sp³-hybridized carbons (Fsp3) is 0.706. The predicted octanol–water partition coefficient (Wildman–Crippen LogP) is 11.0. The van der Waals surface area contributed by atoms with E-state index in [-0.39, 0.29) is 19.2 Å². The molecule has 6 unspecified atom stereocenters. The predicted molar refractivity (Wildman–Crippen MR) is 247 cm³/mol. The van der Waals surface area contributed by atoms with E-state index in [0.717, 1.165) is 103 Å². The number of hydrogen-bond acceptors (Lipinski definition) is 9.